The lowest BCUT2D eigenvalue weighted by Crippen LogP contribution is -2.70. The number of ether oxygens (including phenoxy) is 1. The summed E-state index contributed by atoms with van der Waals surface area (Å²) in [6, 6.07) is 15.2. The lowest BCUT2D eigenvalue weighted by atomic mass is 9.90. The third-order valence-electron chi connectivity index (χ3n) is 6.71. The predicted octanol–water partition coefficient (Wildman–Crippen LogP) is 2.60. The summed E-state index contributed by atoms with van der Waals surface area (Å²) in [6.45, 7) is 3.24. The number of aliphatic hydroxyl groups is 1. The average Bonchev–Trinajstić information content (AvgIpc) is 3.11. The molecule has 1 aliphatic carbocycles. The molecule has 4 rings (SSSR count). The molecule has 0 bridgehead atoms. The van der Waals surface area contributed by atoms with Crippen molar-refractivity contribution in [2.45, 2.75) is 37.8 Å². The van der Waals surface area contributed by atoms with Gasteiger partial charge < -0.3 is 25.2 Å². The molecule has 0 radical (unpaired) electrons. The van der Waals surface area contributed by atoms with Gasteiger partial charge in [-0.25, -0.2) is 9.59 Å². The number of likely N-dealkylation sites (tertiary alicyclic amines) is 1. The quantitative estimate of drug-likeness (QED) is 0.595. The van der Waals surface area contributed by atoms with E-state index in [0.29, 0.717) is 6.42 Å². The normalized spacial score (nSPS) is 17.8. The molecular formula is C25H28N2O6. The van der Waals surface area contributed by atoms with Gasteiger partial charge in [-0.1, -0.05) is 68.8 Å². The van der Waals surface area contributed by atoms with Gasteiger partial charge >= 0.3 is 12.1 Å². The summed E-state index contributed by atoms with van der Waals surface area (Å²) in [5, 5.41) is 21.7. The molecule has 1 heterocycles. The number of carboxylic acid groups (broad SMARTS) is 1. The second-order valence-electron chi connectivity index (χ2n) is 8.86. The van der Waals surface area contributed by atoms with Crippen LogP contribution in [0.2, 0.25) is 0 Å². The zero-order valence-corrected chi connectivity index (χ0v) is 18.7. The van der Waals surface area contributed by atoms with Gasteiger partial charge in [0.25, 0.3) is 0 Å². The van der Waals surface area contributed by atoms with E-state index in [2.05, 4.69) is 17.4 Å². The van der Waals surface area contributed by atoms with E-state index in [1.807, 2.05) is 50.2 Å². The maximum absolute atomic E-state index is 12.9. The number of β-amino-alcohol motifs (C(OH)–C–C–N with tert-alkyl or cyclic N) is 1. The largest absolute Gasteiger partial charge is 0.479 e. The van der Waals surface area contributed by atoms with Gasteiger partial charge in [0.2, 0.25) is 5.91 Å². The van der Waals surface area contributed by atoms with E-state index < -0.39 is 29.6 Å². The molecule has 8 nitrogen and oxygen atoms in total. The topological polar surface area (TPSA) is 116 Å². The summed E-state index contributed by atoms with van der Waals surface area (Å²) in [5.41, 5.74) is 2.50. The number of fused-ring (bicyclic) bond motifs is 3. The lowest BCUT2D eigenvalue weighted by molar-refractivity contribution is -0.183. The molecule has 2 aromatic carbocycles. The zero-order valence-electron chi connectivity index (χ0n) is 18.7. The summed E-state index contributed by atoms with van der Waals surface area (Å²) >= 11 is 0. The van der Waals surface area contributed by atoms with Crippen LogP contribution >= 0.6 is 0 Å². The van der Waals surface area contributed by atoms with Crippen molar-refractivity contribution < 1.29 is 29.3 Å². The number of alkyl carbamates (subject to hydrolysis) is 1. The Balaban J connectivity index is 1.42. The van der Waals surface area contributed by atoms with Crippen LogP contribution in [0.25, 0.3) is 11.1 Å². The van der Waals surface area contributed by atoms with Gasteiger partial charge in [-0.15, -0.1) is 0 Å². The predicted molar refractivity (Wildman–Crippen MR) is 121 cm³/mol. The minimum absolute atomic E-state index is 0.0955. The van der Waals surface area contributed by atoms with E-state index in [1.54, 1.807) is 0 Å². The van der Waals surface area contributed by atoms with Gasteiger partial charge in [-0.2, -0.15) is 0 Å². The highest BCUT2D eigenvalue weighted by atomic mass is 16.5. The fourth-order valence-electron chi connectivity index (χ4n) is 4.52. The average molecular weight is 453 g/mol. The van der Waals surface area contributed by atoms with E-state index in [9.17, 15) is 19.5 Å². The fraction of sp³-hybridized carbons (Fsp3) is 0.400. The first-order chi connectivity index (χ1) is 15.7. The third-order valence-corrected chi connectivity index (χ3v) is 6.71. The highest BCUT2D eigenvalue weighted by Gasteiger charge is 2.51. The second kappa shape index (κ2) is 8.86. The second-order valence-corrected chi connectivity index (χ2v) is 8.86. The van der Waals surface area contributed by atoms with Crippen LogP contribution in [-0.2, 0) is 14.3 Å². The number of amides is 2. The Kier molecular flexibility index (Phi) is 6.12. The van der Waals surface area contributed by atoms with Crippen LogP contribution < -0.4 is 5.32 Å². The molecule has 3 N–H and O–H groups in total. The van der Waals surface area contributed by atoms with Crippen LogP contribution in [0, 0.1) is 5.92 Å². The van der Waals surface area contributed by atoms with E-state index in [1.165, 1.54) is 4.90 Å². The highest BCUT2D eigenvalue weighted by molar-refractivity contribution is 5.90. The van der Waals surface area contributed by atoms with Crippen molar-refractivity contribution in [2.75, 3.05) is 19.7 Å². The molecule has 0 saturated carbocycles. The van der Waals surface area contributed by atoms with Crippen molar-refractivity contribution >= 4 is 18.0 Å². The number of hydrogen-bond donors (Lipinski definition) is 3. The molecule has 0 aromatic heterocycles. The molecule has 8 heteroatoms. The van der Waals surface area contributed by atoms with Gasteiger partial charge in [0.15, 0.2) is 5.60 Å². The van der Waals surface area contributed by atoms with Crippen LogP contribution in [0.15, 0.2) is 48.5 Å². The number of nitrogens with zero attached hydrogens (tertiary/aromatic N) is 1. The van der Waals surface area contributed by atoms with Crippen molar-refractivity contribution in [2.24, 2.45) is 5.92 Å². The van der Waals surface area contributed by atoms with Crippen LogP contribution in [0.1, 0.15) is 37.3 Å². The Labute approximate surface area is 192 Å². The summed E-state index contributed by atoms with van der Waals surface area (Å²) in [5.74, 6) is -2.08. The van der Waals surface area contributed by atoms with E-state index in [-0.39, 0.29) is 31.5 Å². The van der Waals surface area contributed by atoms with Crippen molar-refractivity contribution in [3.8, 4) is 11.1 Å². The number of hydrogen-bond acceptors (Lipinski definition) is 5. The summed E-state index contributed by atoms with van der Waals surface area (Å²) in [6.07, 6.45) is -0.0820. The fourth-order valence-corrected chi connectivity index (χ4v) is 4.52. The number of rotatable bonds is 7. The zero-order chi connectivity index (χ0) is 23.8. The maximum atomic E-state index is 12.9. The Bertz CT molecular complexity index is 1030. The van der Waals surface area contributed by atoms with Crippen LogP contribution in [-0.4, -0.2) is 64.4 Å². The lowest BCUT2D eigenvalue weighted by Gasteiger charge is -2.45. The highest BCUT2D eigenvalue weighted by Crippen LogP contribution is 2.44. The number of carbonyl (C=O) groups excluding carboxylic acids is 2. The number of aliphatic carboxylic acids is 1. The minimum atomic E-state index is -1.93. The van der Waals surface area contributed by atoms with Crippen LogP contribution in [0.3, 0.4) is 0 Å². The van der Waals surface area contributed by atoms with Gasteiger partial charge in [0.1, 0.15) is 12.6 Å². The molecule has 0 unspecified atom stereocenters. The number of carboxylic acids is 1. The first-order valence-corrected chi connectivity index (χ1v) is 11.1. The molecule has 1 saturated heterocycles. The molecule has 0 spiro atoms. The maximum Gasteiger partial charge on any atom is 0.407 e. The summed E-state index contributed by atoms with van der Waals surface area (Å²) < 4.78 is 5.56. The molecule has 2 aliphatic rings. The van der Waals surface area contributed by atoms with E-state index in [0.717, 1.165) is 22.3 Å². The number of nitrogens with one attached hydrogen (secondary N) is 1. The molecule has 2 atom stereocenters. The molecular weight excluding hydrogens is 424 g/mol. The number of carbonyl (C=O) groups is 3. The van der Waals surface area contributed by atoms with Crippen LogP contribution in [0.5, 0.6) is 0 Å². The molecule has 1 fully saturated rings. The molecule has 1 aliphatic heterocycles. The first kappa shape index (κ1) is 22.8. The Morgan fingerprint density at radius 1 is 1.09 bits per heavy atom. The van der Waals surface area contributed by atoms with Crippen molar-refractivity contribution in [1.29, 1.82) is 0 Å². The molecule has 2 aromatic rings. The Morgan fingerprint density at radius 2 is 1.64 bits per heavy atom. The van der Waals surface area contributed by atoms with Gasteiger partial charge in [-0.3, -0.25) is 4.79 Å². The van der Waals surface area contributed by atoms with Gasteiger partial charge in [0.05, 0.1) is 13.1 Å². The molecule has 33 heavy (non-hydrogen) atoms. The SMILES string of the molecule is CC[C@H](C)[C@H](NC(=O)OCC1c2ccccc2-c2ccccc21)C(=O)N1CC(O)(C(=O)O)C1. The molecule has 174 valence electrons. The number of benzene rings is 2. The van der Waals surface area contributed by atoms with E-state index >= 15 is 0 Å². The van der Waals surface area contributed by atoms with Crippen molar-refractivity contribution in [3.63, 3.8) is 0 Å². The monoisotopic (exact) mass is 452 g/mol. The standard InChI is InChI=1S/C25H28N2O6/c1-3-15(2)21(22(28)27-13-25(32,14-27)23(29)30)26-24(31)33-12-20-18-10-6-4-8-16(18)17-9-5-7-11-19(17)20/h4-11,15,20-21,32H,3,12-14H2,1-2H3,(H,26,31)(H,29,30)/t15-,21-/m0/s1. The van der Waals surface area contributed by atoms with Gasteiger partial charge in [0, 0.05) is 5.92 Å². The summed E-state index contributed by atoms with van der Waals surface area (Å²) in [7, 11) is 0. The Hall–Kier alpha value is -3.39. The summed E-state index contributed by atoms with van der Waals surface area (Å²) in [4.78, 5) is 37.9. The Morgan fingerprint density at radius 3 is 2.15 bits per heavy atom. The van der Waals surface area contributed by atoms with Crippen molar-refractivity contribution in [3.05, 3.63) is 59.7 Å². The van der Waals surface area contributed by atoms with Gasteiger partial charge in [-0.05, 0) is 28.2 Å². The minimum Gasteiger partial charge on any atom is -0.479 e. The third kappa shape index (κ3) is 4.18. The van der Waals surface area contributed by atoms with Crippen molar-refractivity contribution in [1.82, 2.24) is 10.2 Å². The first-order valence-electron chi connectivity index (χ1n) is 11.1. The molecule has 2 amide bonds. The smallest absolute Gasteiger partial charge is 0.407 e. The van der Waals surface area contributed by atoms with E-state index in [4.69, 9.17) is 9.84 Å². The van der Waals surface area contributed by atoms with Crippen LogP contribution in [0.4, 0.5) is 4.79 Å².